The third-order valence-corrected chi connectivity index (χ3v) is 1.32. The SMILES string of the molecule is CC(C)COc1ccc(N)cn1. The summed E-state index contributed by atoms with van der Waals surface area (Å²) in [5.41, 5.74) is 6.12. The summed E-state index contributed by atoms with van der Waals surface area (Å²) in [4.78, 5) is 4.00. The van der Waals surface area contributed by atoms with Crippen LogP contribution in [0.1, 0.15) is 13.8 Å². The maximum atomic E-state index is 5.46. The van der Waals surface area contributed by atoms with Crippen LogP contribution in [0.3, 0.4) is 0 Å². The number of aromatic nitrogens is 1. The van der Waals surface area contributed by atoms with E-state index in [4.69, 9.17) is 10.5 Å². The molecular formula is C9H14N2O. The second kappa shape index (κ2) is 3.95. The highest BCUT2D eigenvalue weighted by Crippen LogP contribution is 2.09. The van der Waals surface area contributed by atoms with Crippen molar-refractivity contribution in [2.75, 3.05) is 12.3 Å². The Morgan fingerprint density at radius 3 is 2.75 bits per heavy atom. The maximum absolute atomic E-state index is 5.46. The number of pyridine rings is 1. The Morgan fingerprint density at radius 2 is 2.25 bits per heavy atom. The zero-order valence-corrected chi connectivity index (χ0v) is 7.45. The molecule has 0 aliphatic rings. The highest BCUT2D eigenvalue weighted by atomic mass is 16.5. The summed E-state index contributed by atoms with van der Waals surface area (Å²) in [7, 11) is 0. The van der Waals surface area contributed by atoms with Gasteiger partial charge in [0.2, 0.25) is 5.88 Å². The normalized spacial score (nSPS) is 10.2. The maximum Gasteiger partial charge on any atom is 0.213 e. The molecule has 0 spiro atoms. The fourth-order valence-corrected chi connectivity index (χ4v) is 0.729. The average molecular weight is 166 g/mol. The van der Waals surface area contributed by atoms with Crippen molar-refractivity contribution in [2.45, 2.75) is 13.8 Å². The second-order valence-electron chi connectivity index (χ2n) is 3.13. The van der Waals surface area contributed by atoms with E-state index >= 15 is 0 Å². The Kier molecular flexibility index (Phi) is 2.91. The number of nitrogens with two attached hydrogens (primary N) is 1. The minimum absolute atomic E-state index is 0.518. The molecule has 0 saturated heterocycles. The first-order chi connectivity index (χ1) is 5.68. The lowest BCUT2D eigenvalue weighted by Gasteiger charge is -2.06. The molecule has 12 heavy (non-hydrogen) atoms. The number of nitrogens with zero attached hydrogens (tertiary/aromatic N) is 1. The zero-order valence-electron chi connectivity index (χ0n) is 7.45. The van der Waals surface area contributed by atoms with Crippen LogP contribution in [0.5, 0.6) is 5.88 Å². The van der Waals surface area contributed by atoms with Crippen LogP contribution in [0, 0.1) is 5.92 Å². The van der Waals surface area contributed by atoms with E-state index in [1.165, 1.54) is 0 Å². The molecule has 0 aromatic carbocycles. The average Bonchev–Trinajstić information content (AvgIpc) is 2.03. The summed E-state index contributed by atoms with van der Waals surface area (Å²) in [5.74, 6) is 1.15. The van der Waals surface area contributed by atoms with E-state index in [1.807, 2.05) is 0 Å². The Morgan fingerprint density at radius 1 is 1.50 bits per heavy atom. The van der Waals surface area contributed by atoms with Gasteiger partial charge < -0.3 is 10.5 Å². The lowest BCUT2D eigenvalue weighted by atomic mass is 10.2. The van der Waals surface area contributed by atoms with Gasteiger partial charge in [0.1, 0.15) is 0 Å². The van der Waals surface area contributed by atoms with E-state index in [1.54, 1.807) is 18.3 Å². The molecule has 0 aliphatic heterocycles. The van der Waals surface area contributed by atoms with Crippen LogP contribution in [0.25, 0.3) is 0 Å². The van der Waals surface area contributed by atoms with Crippen LogP contribution in [0.4, 0.5) is 5.69 Å². The molecule has 0 fully saturated rings. The Hall–Kier alpha value is -1.25. The fraction of sp³-hybridized carbons (Fsp3) is 0.444. The molecule has 0 saturated carbocycles. The first kappa shape index (κ1) is 8.84. The molecule has 1 rings (SSSR count). The van der Waals surface area contributed by atoms with Crippen LogP contribution in [-0.2, 0) is 0 Å². The number of rotatable bonds is 3. The van der Waals surface area contributed by atoms with Gasteiger partial charge in [0.25, 0.3) is 0 Å². The van der Waals surface area contributed by atoms with Gasteiger partial charge in [0, 0.05) is 6.07 Å². The molecule has 1 heterocycles. The van der Waals surface area contributed by atoms with Crippen molar-refractivity contribution >= 4 is 5.69 Å². The van der Waals surface area contributed by atoms with Gasteiger partial charge >= 0.3 is 0 Å². The lowest BCUT2D eigenvalue weighted by molar-refractivity contribution is 0.261. The summed E-state index contributed by atoms with van der Waals surface area (Å²) in [6, 6.07) is 3.56. The van der Waals surface area contributed by atoms with E-state index in [2.05, 4.69) is 18.8 Å². The van der Waals surface area contributed by atoms with Crippen molar-refractivity contribution in [1.82, 2.24) is 4.98 Å². The van der Waals surface area contributed by atoms with Gasteiger partial charge in [-0.3, -0.25) is 0 Å². The first-order valence-corrected chi connectivity index (χ1v) is 4.03. The monoisotopic (exact) mass is 166 g/mol. The van der Waals surface area contributed by atoms with Crippen LogP contribution in [0.15, 0.2) is 18.3 Å². The van der Waals surface area contributed by atoms with Crippen LogP contribution in [0.2, 0.25) is 0 Å². The standard InChI is InChI=1S/C9H14N2O/c1-7(2)6-12-9-4-3-8(10)5-11-9/h3-5,7H,6,10H2,1-2H3. The number of hydrogen-bond donors (Lipinski definition) is 1. The van der Waals surface area contributed by atoms with Crippen molar-refractivity contribution in [3.63, 3.8) is 0 Å². The topological polar surface area (TPSA) is 48.1 Å². The second-order valence-corrected chi connectivity index (χ2v) is 3.13. The Labute approximate surface area is 72.6 Å². The first-order valence-electron chi connectivity index (χ1n) is 4.03. The van der Waals surface area contributed by atoms with Crippen molar-refractivity contribution in [3.05, 3.63) is 18.3 Å². The number of hydrogen-bond acceptors (Lipinski definition) is 3. The summed E-state index contributed by atoms with van der Waals surface area (Å²) in [6.07, 6.45) is 1.59. The quantitative estimate of drug-likeness (QED) is 0.743. The largest absolute Gasteiger partial charge is 0.477 e. The van der Waals surface area contributed by atoms with E-state index in [0.717, 1.165) is 0 Å². The van der Waals surface area contributed by atoms with Crippen molar-refractivity contribution in [3.8, 4) is 5.88 Å². The van der Waals surface area contributed by atoms with Gasteiger partial charge in [-0.1, -0.05) is 13.8 Å². The minimum Gasteiger partial charge on any atom is -0.477 e. The molecular weight excluding hydrogens is 152 g/mol. The molecule has 66 valence electrons. The Bertz CT molecular complexity index is 231. The van der Waals surface area contributed by atoms with Gasteiger partial charge in [-0.2, -0.15) is 0 Å². The predicted molar refractivity (Wildman–Crippen MR) is 49.0 cm³/mol. The molecule has 3 heteroatoms. The van der Waals surface area contributed by atoms with Gasteiger partial charge in [0.05, 0.1) is 18.5 Å². The van der Waals surface area contributed by atoms with Crippen LogP contribution in [-0.4, -0.2) is 11.6 Å². The highest BCUT2D eigenvalue weighted by Gasteiger charge is 1.96. The van der Waals surface area contributed by atoms with Gasteiger partial charge in [-0.25, -0.2) is 4.98 Å². The minimum atomic E-state index is 0.518. The summed E-state index contributed by atoms with van der Waals surface area (Å²) >= 11 is 0. The van der Waals surface area contributed by atoms with Gasteiger partial charge in [-0.15, -0.1) is 0 Å². The summed E-state index contributed by atoms with van der Waals surface area (Å²) in [6.45, 7) is 4.88. The smallest absolute Gasteiger partial charge is 0.213 e. The molecule has 1 aromatic rings. The number of anilines is 1. The zero-order chi connectivity index (χ0) is 8.97. The van der Waals surface area contributed by atoms with Crippen molar-refractivity contribution in [1.29, 1.82) is 0 Å². The van der Waals surface area contributed by atoms with E-state index in [9.17, 15) is 0 Å². The number of nitrogen functional groups attached to an aromatic ring is 1. The van der Waals surface area contributed by atoms with Crippen molar-refractivity contribution in [2.24, 2.45) is 5.92 Å². The predicted octanol–water partition coefficient (Wildman–Crippen LogP) is 1.70. The van der Waals surface area contributed by atoms with Crippen LogP contribution >= 0.6 is 0 Å². The molecule has 0 amide bonds. The third-order valence-electron chi connectivity index (χ3n) is 1.32. The van der Waals surface area contributed by atoms with E-state index in [0.29, 0.717) is 24.1 Å². The molecule has 0 radical (unpaired) electrons. The van der Waals surface area contributed by atoms with E-state index in [-0.39, 0.29) is 0 Å². The fourth-order valence-electron chi connectivity index (χ4n) is 0.729. The Balaban J connectivity index is 2.48. The van der Waals surface area contributed by atoms with Crippen molar-refractivity contribution < 1.29 is 4.74 Å². The van der Waals surface area contributed by atoms with Crippen LogP contribution < -0.4 is 10.5 Å². The highest BCUT2D eigenvalue weighted by molar-refractivity contribution is 5.35. The summed E-state index contributed by atoms with van der Waals surface area (Å²) < 4.78 is 5.36. The molecule has 1 aromatic heterocycles. The molecule has 3 nitrogen and oxygen atoms in total. The lowest BCUT2D eigenvalue weighted by Crippen LogP contribution is -2.05. The number of ether oxygens (including phenoxy) is 1. The van der Waals surface area contributed by atoms with Gasteiger partial charge in [-0.05, 0) is 12.0 Å². The molecule has 0 atom stereocenters. The van der Waals surface area contributed by atoms with E-state index < -0.39 is 0 Å². The molecule has 0 aliphatic carbocycles. The molecule has 0 bridgehead atoms. The summed E-state index contributed by atoms with van der Waals surface area (Å²) in [5, 5.41) is 0. The molecule has 0 unspecified atom stereocenters. The third kappa shape index (κ3) is 2.78. The molecule has 2 N–H and O–H groups in total. The van der Waals surface area contributed by atoms with Gasteiger partial charge in [0.15, 0.2) is 0 Å².